The lowest BCUT2D eigenvalue weighted by molar-refractivity contribution is 0.0997. The molecular formula is C7H5N5O. The molecular weight excluding hydrogens is 170 g/mol. The van der Waals surface area contributed by atoms with E-state index in [1.807, 2.05) is 0 Å². The van der Waals surface area contributed by atoms with Crippen molar-refractivity contribution in [1.82, 2.24) is 20.4 Å². The number of primary amides is 1. The summed E-state index contributed by atoms with van der Waals surface area (Å²) < 4.78 is 0. The molecule has 1 amide bonds. The van der Waals surface area contributed by atoms with E-state index < -0.39 is 5.91 Å². The maximum atomic E-state index is 10.9. The van der Waals surface area contributed by atoms with Gasteiger partial charge in [0.05, 0.1) is 12.4 Å². The van der Waals surface area contributed by atoms with E-state index in [4.69, 9.17) is 5.73 Å². The van der Waals surface area contributed by atoms with Gasteiger partial charge in [-0.2, -0.15) is 0 Å². The van der Waals surface area contributed by atoms with Gasteiger partial charge in [0.2, 0.25) is 0 Å². The molecule has 6 nitrogen and oxygen atoms in total. The first-order valence-corrected chi connectivity index (χ1v) is 3.52. The van der Waals surface area contributed by atoms with E-state index in [9.17, 15) is 4.79 Å². The molecule has 0 saturated carbocycles. The Morgan fingerprint density at radius 2 is 2.31 bits per heavy atom. The lowest BCUT2D eigenvalue weighted by Gasteiger charge is -1.90. The smallest absolute Gasteiger partial charge is 0.268 e. The van der Waals surface area contributed by atoms with Gasteiger partial charge in [-0.15, -0.1) is 10.2 Å². The van der Waals surface area contributed by atoms with Crippen LogP contribution in [0.3, 0.4) is 0 Å². The topological polar surface area (TPSA) is 94.7 Å². The van der Waals surface area contributed by atoms with Crippen molar-refractivity contribution in [2.45, 2.75) is 0 Å². The van der Waals surface area contributed by atoms with Gasteiger partial charge in [0.15, 0.2) is 0 Å². The number of carbonyl (C=O) groups excluding carboxylic acids is 1. The van der Waals surface area contributed by atoms with Crippen LogP contribution in [-0.4, -0.2) is 26.3 Å². The summed E-state index contributed by atoms with van der Waals surface area (Å²) in [4.78, 5) is 14.7. The highest BCUT2D eigenvalue weighted by molar-refractivity contribution is 5.98. The quantitative estimate of drug-likeness (QED) is 0.628. The average molecular weight is 175 g/mol. The minimum absolute atomic E-state index is 0.197. The van der Waals surface area contributed by atoms with Gasteiger partial charge in [0, 0.05) is 5.56 Å². The van der Waals surface area contributed by atoms with Crippen molar-refractivity contribution in [3.63, 3.8) is 0 Å². The van der Waals surface area contributed by atoms with Gasteiger partial charge in [-0.1, -0.05) is 0 Å². The van der Waals surface area contributed by atoms with Gasteiger partial charge >= 0.3 is 0 Å². The minimum atomic E-state index is -0.581. The van der Waals surface area contributed by atoms with Crippen molar-refractivity contribution in [3.8, 4) is 11.3 Å². The molecule has 2 N–H and O–H groups in total. The lowest BCUT2D eigenvalue weighted by Crippen LogP contribution is -2.11. The molecule has 0 spiro atoms. The van der Waals surface area contributed by atoms with Crippen LogP contribution in [0.4, 0.5) is 0 Å². The Labute approximate surface area is 73.1 Å². The molecule has 2 aliphatic rings. The summed E-state index contributed by atoms with van der Waals surface area (Å²) in [5.74, 6) is -0.581. The zero-order chi connectivity index (χ0) is 9.26. The third-order valence-electron chi connectivity index (χ3n) is 1.59. The van der Waals surface area contributed by atoms with Crippen molar-refractivity contribution in [1.29, 1.82) is 0 Å². The number of nitrogens with two attached hydrogens (primary N) is 1. The fraction of sp³-hybridized carbons (Fsp3) is 0. The maximum Gasteiger partial charge on any atom is 0.268 e. The van der Waals surface area contributed by atoms with Crippen LogP contribution in [0, 0.1) is 0 Å². The van der Waals surface area contributed by atoms with Crippen LogP contribution in [0.2, 0.25) is 0 Å². The van der Waals surface area contributed by atoms with Gasteiger partial charge in [-0.25, -0.2) is 4.98 Å². The van der Waals surface area contributed by atoms with Crippen molar-refractivity contribution >= 4 is 5.91 Å². The van der Waals surface area contributed by atoms with Crippen LogP contribution in [-0.2, 0) is 0 Å². The molecule has 64 valence electrons. The maximum absolute atomic E-state index is 10.9. The second kappa shape index (κ2) is 2.74. The second-order valence-electron chi connectivity index (χ2n) is 2.39. The normalized spacial score (nSPS) is 10.2. The summed E-state index contributed by atoms with van der Waals surface area (Å²) in [5.41, 5.74) is 6.36. The van der Waals surface area contributed by atoms with E-state index in [1.165, 1.54) is 12.4 Å². The van der Waals surface area contributed by atoms with Gasteiger partial charge in [-0.05, 0) is 11.3 Å². The number of nitrogens with zero attached hydrogens (tertiary/aromatic N) is 4. The van der Waals surface area contributed by atoms with Crippen LogP contribution in [0.15, 0.2) is 18.5 Å². The van der Waals surface area contributed by atoms with Crippen molar-refractivity contribution < 1.29 is 4.79 Å². The number of carbonyl (C=O) groups is 1. The number of hydrogen-bond donors (Lipinski definition) is 1. The molecule has 0 fully saturated rings. The Balaban J connectivity index is 2.68. The molecule has 0 aromatic heterocycles. The van der Waals surface area contributed by atoms with E-state index in [-0.39, 0.29) is 5.69 Å². The molecule has 13 heavy (non-hydrogen) atoms. The fourth-order valence-corrected chi connectivity index (χ4v) is 1.04. The summed E-state index contributed by atoms with van der Waals surface area (Å²) in [6, 6.07) is 1.60. The standard InChI is InChI=1S/C7H5N5O/c8-7(13)6-4-1-2-10-12-11-5(4)3-9-6/h1-3H,(H2,8,13). The molecule has 6 heteroatoms. The monoisotopic (exact) mass is 175 g/mol. The Hall–Kier alpha value is -2.11. The molecule has 0 unspecified atom stereocenters. The molecule has 0 aromatic carbocycles. The first kappa shape index (κ1) is 7.53. The highest BCUT2D eigenvalue weighted by Crippen LogP contribution is 2.19. The Morgan fingerprint density at radius 3 is 3.08 bits per heavy atom. The van der Waals surface area contributed by atoms with Gasteiger partial charge in [-0.3, -0.25) is 4.79 Å². The fourth-order valence-electron chi connectivity index (χ4n) is 1.04. The lowest BCUT2D eigenvalue weighted by atomic mass is 10.2. The summed E-state index contributed by atoms with van der Waals surface area (Å²) in [7, 11) is 0. The van der Waals surface area contributed by atoms with Crippen LogP contribution in [0.1, 0.15) is 10.5 Å². The first-order valence-electron chi connectivity index (χ1n) is 3.52. The average Bonchev–Trinajstić information content (AvgIpc) is 2.36. The van der Waals surface area contributed by atoms with Crippen LogP contribution in [0.5, 0.6) is 0 Å². The van der Waals surface area contributed by atoms with Crippen molar-refractivity contribution in [2.75, 3.05) is 0 Å². The zero-order valence-electron chi connectivity index (χ0n) is 6.51. The summed E-state index contributed by atoms with van der Waals surface area (Å²) in [6.45, 7) is 0. The number of fused-ring (bicyclic) bond motifs is 1. The van der Waals surface area contributed by atoms with Gasteiger partial charge < -0.3 is 5.73 Å². The van der Waals surface area contributed by atoms with E-state index in [0.717, 1.165) is 0 Å². The third-order valence-corrected chi connectivity index (χ3v) is 1.59. The van der Waals surface area contributed by atoms with Crippen molar-refractivity contribution in [2.24, 2.45) is 5.73 Å². The molecule has 2 rings (SSSR count). The number of rotatable bonds is 1. The van der Waals surface area contributed by atoms with Crippen LogP contribution < -0.4 is 5.73 Å². The number of hydrogen-bond acceptors (Lipinski definition) is 5. The minimum Gasteiger partial charge on any atom is -0.364 e. The van der Waals surface area contributed by atoms with E-state index in [0.29, 0.717) is 11.3 Å². The predicted molar refractivity (Wildman–Crippen MR) is 42.8 cm³/mol. The highest BCUT2D eigenvalue weighted by atomic mass is 16.1. The summed E-state index contributed by atoms with van der Waals surface area (Å²) in [6.07, 6.45) is 2.87. The SMILES string of the molecule is NC(=O)c1ncc2nnnccc1-2. The summed E-state index contributed by atoms with van der Waals surface area (Å²) in [5, 5.41) is 10.7. The van der Waals surface area contributed by atoms with Crippen molar-refractivity contribution in [3.05, 3.63) is 24.2 Å². The zero-order valence-corrected chi connectivity index (χ0v) is 6.51. The molecule has 0 radical (unpaired) electrons. The molecule has 0 saturated heterocycles. The van der Waals surface area contributed by atoms with E-state index in [1.54, 1.807) is 6.07 Å². The summed E-state index contributed by atoms with van der Waals surface area (Å²) >= 11 is 0. The van der Waals surface area contributed by atoms with E-state index in [2.05, 4.69) is 20.4 Å². The highest BCUT2D eigenvalue weighted by Gasteiger charge is 2.15. The van der Waals surface area contributed by atoms with Crippen LogP contribution >= 0.6 is 0 Å². The predicted octanol–water partition coefficient (Wildman–Crippen LogP) is -0.530. The molecule has 0 bridgehead atoms. The molecule has 2 heterocycles. The van der Waals surface area contributed by atoms with Gasteiger partial charge in [0.25, 0.3) is 5.91 Å². The third kappa shape index (κ3) is 1.18. The van der Waals surface area contributed by atoms with Gasteiger partial charge in [0.1, 0.15) is 11.4 Å². The number of aromatic nitrogens is 4. The van der Waals surface area contributed by atoms with E-state index >= 15 is 0 Å². The largest absolute Gasteiger partial charge is 0.364 e. The van der Waals surface area contributed by atoms with Crippen LogP contribution in [0.25, 0.3) is 11.3 Å². The Kier molecular flexibility index (Phi) is 1.59. The first-order chi connectivity index (χ1) is 6.29. The Morgan fingerprint density at radius 1 is 1.46 bits per heavy atom. The molecule has 0 aromatic rings. The molecule has 2 aliphatic heterocycles. The molecule has 0 aliphatic carbocycles. The number of amides is 1. The second-order valence-corrected chi connectivity index (χ2v) is 2.39. The Bertz CT molecular complexity index is 429. The molecule has 0 atom stereocenters.